The van der Waals surface area contributed by atoms with Crippen molar-refractivity contribution >= 4 is 5.69 Å². The van der Waals surface area contributed by atoms with Gasteiger partial charge in [-0.2, -0.15) is 0 Å². The molecule has 1 fully saturated rings. The first-order valence-electron chi connectivity index (χ1n) is 16.5. The number of methoxy groups -OCH3 is 2. The van der Waals surface area contributed by atoms with Crippen LogP contribution >= 0.6 is 0 Å². The molecule has 0 N–H and O–H groups in total. The molecule has 5 heteroatoms. The van der Waals surface area contributed by atoms with Crippen LogP contribution in [0.25, 0.3) is 0 Å². The summed E-state index contributed by atoms with van der Waals surface area (Å²) in [7, 11) is 3.35. The molecule has 45 heavy (non-hydrogen) atoms. The minimum Gasteiger partial charge on any atom is -0.502 e. The number of piperazine rings is 1. The lowest BCUT2D eigenvalue weighted by Gasteiger charge is -2.41. The Morgan fingerprint density at radius 2 is 1.49 bits per heavy atom. The van der Waals surface area contributed by atoms with Crippen molar-refractivity contribution in [3.05, 3.63) is 97.3 Å². The van der Waals surface area contributed by atoms with Gasteiger partial charge >= 0.3 is 0 Å². The third kappa shape index (κ3) is 25.6. The van der Waals surface area contributed by atoms with Crippen LogP contribution < -0.4 is 9.64 Å². The summed E-state index contributed by atoms with van der Waals surface area (Å²) in [6.07, 6.45) is 13.1. The Labute approximate surface area is 279 Å². The van der Waals surface area contributed by atoms with Crippen LogP contribution in [-0.4, -0.2) is 58.0 Å². The number of ether oxygens (including phenoxy) is 3. The monoisotopic (exact) mass is 623 g/mol. The molecular weight excluding hydrogens is 556 g/mol. The first-order valence-corrected chi connectivity index (χ1v) is 16.5. The number of allylic oxidation sites excluding steroid dienone is 2. The molecule has 0 unspecified atom stereocenters. The van der Waals surface area contributed by atoms with Crippen molar-refractivity contribution < 1.29 is 14.2 Å². The lowest BCUT2D eigenvalue weighted by atomic mass is 10.1. The Morgan fingerprint density at radius 1 is 0.933 bits per heavy atom. The van der Waals surface area contributed by atoms with Crippen molar-refractivity contribution in [1.82, 2.24) is 4.90 Å². The van der Waals surface area contributed by atoms with E-state index in [1.165, 1.54) is 11.3 Å². The summed E-state index contributed by atoms with van der Waals surface area (Å²) in [5, 5.41) is 0. The van der Waals surface area contributed by atoms with Gasteiger partial charge in [0.1, 0.15) is 5.75 Å². The number of hydrogen-bond acceptors (Lipinski definition) is 5. The highest BCUT2D eigenvalue weighted by Gasteiger charge is 2.23. The van der Waals surface area contributed by atoms with E-state index in [0.717, 1.165) is 63.6 Å². The van der Waals surface area contributed by atoms with Gasteiger partial charge in [-0.15, -0.1) is 25.5 Å². The molecule has 0 aliphatic carbocycles. The minimum absolute atomic E-state index is 0.505. The van der Waals surface area contributed by atoms with Crippen LogP contribution in [0.3, 0.4) is 0 Å². The molecule has 1 aliphatic rings. The number of benzene rings is 2. The average Bonchev–Trinajstić information content (AvgIpc) is 3.10. The highest BCUT2D eigenvalue weighted by atomic mass is 16.5. The van der Waals surface area contributed by atoms with Gasteiger partial charge in [-0.3, -0.25) is 4.90 Å². The van der Waals surface area contributed by atoms with E-state index in [2.05, 4.69) is 90.4 Å². The van der Waals surface area contributed by atoms with E-state index in [1.54, 1.807) is 14.2 Å². The van der Waals surface area contributed by atoms with E-state index in [0.29, 0.717) is 12.6 Å². The number of nitrogens with zero attached hydrogens (tertiary/aromatic N) is 2. The fraction of sp³-hybridized carbons (Fsp3) is 0.500. The van der Waals surface area contributed by atoms with Gasteiger partial charge in [0, 0.05) is 58.0 Å². The van der Waals surface area contributed by atoms with Gasteiger partial charge in [0.15, 0.2) is 0 Å². The lowest BCUT2D eigenvalue weighted by molar-refractivity contribution is 0.204. The Hall–Kier alpha value is -3.46. The number of terminal acetylenes is 1. The quantitative estimate of drug-likeness (QED) is 0.108. The molecule has 3 rings (SSSR count). The average molecular weight is 623 g/mol. The third-order valence-corrected chi connectivity index (χ3v) is 6.18. The molecule has 1 heterocycles. The molecule has 1 atom stereocenters. The summed E-state index contributed by atoms with van der Waals surface area (Å²) in [6, 6.07) is 19.7. The highest BCUT2D eigenvalue weighted by molar-refractivity contribution is 5.50. The summed E-state index contributed by atoms with van der Waals surface area (Å²) in [5.41, 5.74) is 2.67. The van der Waals surface area contributed by atoms with Crippen LogP contribution in [0.5, 0.6) is 5.75 Å². The topological polar surface area (TPSA) is 34.2 Å². The van der Waals surface area contributed by atoms with Crippen LogP contribution in [-0.2, 0) is 16.0 Å². The molecular formula is C40H66N2O3. The zero-order valence-electron chi connectivity index (χ0n) is 30.5. The highest BCUT2D eigenvalue weighted by Crippen LogP contribution is 2.24. The summed E-state index contributed by atoms with van der Waals surface area (Å²) >= 11 is 0. The van der Waals surface area contributed by atoms with E-state index in [1.807, 2.05) is 66.7 Å². The van der Waals surface area contributed by atoms with Crippen molar-refractivity contribution in [2.45, 2.75) is 87.2 Å². The Morgan fingerprint density at radius 3 is 1.89 bits per heavy atom. The van der Waals surface area contributed by atoms with E-state index in [9.17, 15) is 0 Å². The summed E-state index contributed by atoms with van der Waals surface area (Å²) in [6.45, 7) is 29.1. The molecule has 0 amide bonds. The predicted molar refractivity (Wildman–Crippen MR) is 200 cm³/mol. The van der Waals surface area contributed by atoms with Gasteiger partial charge in [-0.25, -0.2) is 0 Å². The second-order valence-electron chi connectivity index (χ2n) is 9.41. The van der Waals surface area contributed by atoms with E-state index in [4.69, 9.17) is 20.6 Å². The van der Waals surface area contributed by atoms with Gasteiger partial charge in [0.05, 0.1) is 19.5 Å². The fourth-order valence-electron chi connectivity index (χ4n) is 3.71. The molecule has 2 aromatic rings. The van der Waals surface area contributed by atoms with Crippen LogP contribution in [0, 0.1) is 12.3 Å². The van der Waals surface area contributed by atoms with Gasteiger partial charge in [-0.1, -0.05) is 83.2 Å². The van der Waals surface area contributed by atoms with Gasteiger partial charge in [-0.05, 0) is 63.4 Å². The first kappa shape index (κ1) is 46.0. The maximum atomic E-state index is 5.70. The van der Waals surface area contributed by atoms with Crippen LogP contribution in [0.15, 0.2) is 91.7 Å². The second kappa shape index (κ2) is 35.0. The molecule has 1 aliphatic heterocycles. The van der Waals surface area contributed by atoms with Crippen molar-refractivity contribution in [3.8, 4) is 18.1 Å². The Bertz CT molecular complexity index is 981. The predicted octanol–water partition coefficient (Wildman–Crippen LogP) is 10.2. The standard InChI is InChI=1S/C22H28N2O.2C5H10O.C4H6.2C2H6/c1-3-4-16-25-22-12-10-21(11-13-22)24-15-14-23(17-19(24)2)18-20-8-6-5-7-9-20;1-4-5(2)6-3;1-3-4-5-6-2;1-3-4-2;2*1-2/h3,5-13,19H,1,4,14-18H2,2H3;4H,1-3H3;3H,1,4-5H2,2H3;1H,4H2,2H3;2*1-2H3/b;5-4+;;;;/t19-;;;;;/m0...../s1. The molecule has 0 saturated carbocycles. The number of rotatable bonds is 11. The zero-order chi connectivity index (χ0) is 34.7. The van der Waals surface area contributed by atoms with Crippen LogP contribution in [0.1, 0.15) is 80.2 Å². The molecule has 254 valence electrons. The summed E-state index contributed by atoms with van der Waals surface area (Å²) in [4.78, 5) is 5.04. The van der Waals surface area contributed by atoms with Crippen molar-refractivity contribution in [2.75, 3.05) is 52.0 Å². The molecule has 0 spiro atoms. The van der Waals surface area contributed by atoms with Gasteiger partial charge in [0.2, 0.25) is 0 Å². The lowest BCUT2D eigenvalue weighted by Crippen LogP contribution is -2.51. The fourth-order valence-corrected chi connectivity index (χ4v) is 3.71. The Balaban J connectivity index is -0.000000725. The normalized spacial score (nSPS) is 13.4. The van der Waals surface area contributed by atoms with E-state index < -0.39 is 0 Å². The van der Waals surface area contributed by atoms with Crippen LogP contribution in [0.2, 0.25) is 0 Å². The summed E-state index contributed by atoms with van der Waals surface area (Å²) in [5.74, 6) is 4.33. The largest absolute Gasteiger partial charge is 0.502 e. The van der Waals surface area contributed by atoms with Crippen molar-refractivity contribution in [2.24, 2.45) is 0 Å². The van der Waals surface area contributed by atoms with Crippen LogP contribution in [0.4, 0.5) is 5.69 Å². The molecule has 0 bridgehead atoms. The summed E-state index contributed by atoms with van der Waals surface area (Å²) < 4.78 is 15.2. The molecule has 1 saturated heterocycles. The number of anilines is 1. The first-order chi connectivity index (χ1) is 21.9. The maximum absolute atomic E-state index is 5.70. The van der Waals surface area contributed by atoms with Gasteiger partial charge in [0.25, 0.3) is 0 Å². The Kier molecular flexibility index (Phi) is 35.8. The number of hydrogen-bond donors (Lipinski definition) is 0. The smallest absolute Gasteiger partial charge is 0.119 e. The van der Waals surface area contributed by atoms with Crippen molar-refractivity contribution in [3.63, 3.8) is 0 Å². The zero-order valence-corrected chi connectivity index (χ0v) is 30.5. The molecule has 5 nitrogen and oxygen atoms in total. The molecule has 2 aromatic carbocycles. The second-order valence-corrected chi connectivity index (χ2v) is 9.41. The molecule has 0 radical (unpaired) electrons. The van der Waals surface area contributed by atoms with Crippen molar-refractivity contribution in [1.29, 1.82) is 0 Å². The molecule has 0 aromatic heterocycles. The van der Waals surface area contributed by atoms with Gasteiger partial charge < -0.3 is 19.1 Å². The van der Waals surface area contributed by atoms with E-state index >= 15 is 0 Å². The SMILES string of the molecule is C#CCC.C/C=C(\C)OC.C=CCCOC.C=CCCOc1ccc(N2CCN(Cc3ccccc3)C[C@@H]2C)cc1.CC.CC. The minimum atomic E-state index is 0.505. The van der Waals surface area contributed by atoms with E-state index in [-0.39, 0.29) is 0 Å². The maximum Gasteiger partial charge on any atom is 0.119 e. The third-order valence-electron chi connectivity index (χ3n) is 6.18.